The van der Waals surface area contributed by atoms with E-state index in [4.69, 9.17) is 11.6 Å². The van der Waals surface area contributed by atoms with Crippen molar-refractivity contribution in [3.8, 4) is 0 Å². The minimum absolute atomic E-state index is 0.0999. The highest BCUT2D eigenvalue weighted by molar-refractivity contribution is 7.87. The second-order valence-electron chi connectivity index (χ2n) is 2.59. The van der Waals surface area contributed by atoms with Gasteiger partial charge in [0.1, 0.15) is 4.90 Å². The summed E-state index contributed by atoms with van der Waals surface area (Å²) in [5.74, 6) is 0. The first kappa shape index (κ1) is 11.0. The molecular formula is C8H7ClO4S. The zero-order chi connectivity index (χ0) is 10.8. The number of carbonyl (C=O) groups excluding carboxylic acids is 1. The van der Waals surface area contributed by atoms with Gasteiger partial charge in [-0.25, -0.2) is 4.79 Å². The largest absolute Gasteiger partial charge is 0.419 e. The Morgan fingerprint density at radius 3 is 2.21 bits per heavy atom. The standard InChI is InChI=1S/C8H7ClO4S/c1-6-2-4-7(5-3-6)14(11,12)13-8(9)10/h2-5H,1H3. The van der Waals surface area contributed by atoms with Crippen LogP contribution in [0.25, 0.3) is 0 Å². The first-order valence-electron chi connectivity index (χ1n) is 3.62. The number of rotatable bonds is 2. The quantitative estimate of drug-likeness (QED) is 0.581. The van der Waals surface area contributed by atoms with Crippen molar-refractivity contribution in [3.63, 3.8) is 0 Å². The molecular weight excluding hydrogens is 228 g/mol. The van der Waals surface area contributed by atoms with Crippen LogP contribution in [0.5, 0.6) is 0 Å². The van der Waals surface area contributed by atoms with Crippen molar-refractivity contribution in [3.05, 3.63) is 29.8 Å². The lowest BCUT2D eigenvalue weighted by Gasteiger charge is -2.01. The molecule has 0 atom stereocenters. The molecule has 1 aromatic rings. The van der Waals surface area contributed by atoms with Crippen molar-refractivity contribution in [1.29, 1.82) is 0 Å². The molecule has 0 aromatic heterocycles. The van der Waals surface area contributed by atoms with Gasteiger partial charge in [0.2, 0.25) is 0 Å². The summed E-state index contributed by atoms with van der Waals surface area (Å²) in [5, 5.41) is 0. The average molecular weight is 235 g/mol. The van der Waals surface area contributed by atoms with Crippen LogP contribution in [0.4, 0.5) is 4.79 Å². The molecule has 0 aliphatic heterocycles. The van der Waals surface area contributed by atoms with Crippen molar-refractivity contribution >= 4 is 27.1 Å². The Hall–Kier alpha value is -1.07. The van der Waals surface area contributed by atoms with E-state index >= 15 is 0 Å². The zero-order valence-corrected chi connectivity index (χ0v) is 8.80. The molecule has 0 heterocycles. The van der Waals surface area contributed by atoms with Crippen molar-refractivity contribution < 1.29 is 17.4 Å². The lowest BCUT2D eigenvalue weighted by molar-refractivity contribution is 0.227. The van der Waals surface area contributed by atoms with Crippen LogP contribution in [-0.4, -0.2) is 13.8 Å². The van der Waals surface area contributed by atoms with E-state index in [9.17, 15) is 13.2 Å². The third-order valence-corrected chi connectivity index (χ3v) is 2.87. The van der Waals surface area contributed by atoms with Crippen molar-refractivity contribution in [2.75, 3.05) is 0 Å². The molecule has 14 heavy (non-hydrogen) atoms. The van der Waals surface area contributed by atoms with E-state index in [-0.39, 0.29) is 4.90 Å². The number of carbonyl (C=O) groups is 1. The number of aryl methyl sites for hydroxylation is 1. The van der Waals surface area contributed by atoms with Crippen LogP contribution in [0, 0.1) is 6.92 Å². The van der Waals surface area contributed by atoms with Gasteiger partial charge in [-0.2, -0.15) is 8.42 Å². The fraction of sp³-hybridized carbons (Fsp3) is 0.125. The summed E-state index contributed by atoms with van der Waals surface area (Å²) in [4.78, 5) is 10.2. The monoisotopic (exact) mass is 234 g/mol. The molecule has 1 rings (SSSR count). The predicted molar refractivity (Wildman–Crippen MR) is 50.7 cm³/mol. The zero-order valence-electron chi connectivity index (χ0n) is 7.23. The molecule has 0 saturated heterocycles. The SMILES string of the molecule is Cc1ccc(S(=O)(=O)OC(=O)Cl)cc1. The fourth-order valence-electron chi connectivity index (χ4n) is 0.839. The molecule has 0 N–H and O–H groups in total. The highest BCUT2D eigenvalue weighted by Crippen LogP contribution is 2.14. The predicted octanol–water partition coefficient (Wildman–Crippen LogP) is 2.06. The van der Waals surface area contributed by atoms with Gasteiger partial charge in [-0.1, -0.05) is 17.7 Å². The minimum Gasteiger partial charge on any atom is -0.329 e. The molecule has 4 nitrogen and oxygen atoms in total. The Bertz CT molecular complexity index is 435. The normalized spacial score (nSPS) is 11.0. The molecule has 0 spiro atoms. The van der Waals surface area contributed by atoms with Gasteiger partial charge in [0, 0.05) is 11.6 Å². The highest BCUT2D eigenvalue weighted by atomic mass is 35.5. The summed E-state index contributed by atoms with van der Waals surface area (Å²) in [6, 6.07) is 5.86. The summed E-state index contributed by atoms with van der Waals surface area (Å²) < 4.78 is 26.4. The first-order valence-corrected chi connectivity index (χ1v) is 5.41. The van der Waals surface area contributed by atoms with Crippen LogP contribution in [0.3, 0.4) is 0 Å². The van der Waals surface area contributed by atoms with Crippen LogP contribution in [0.15, 0.2) is 29.2 Å². The molecule has 0 aliphatic carbocycles. The molecule has 0 radical (unpaired) electrons. The highest BCUT2D eigenvalue weighted by Gasteiger charge is 2.18. The van der Waals surface area contributed by atoms with E-state index in [1.54, 1.807) is 12.1 Å². The van der Waals surface area contributed by atoms with Gasteiger partial charge in [0.25, 0.3) is 0 Å². The molecule has 6 heteroatoms. The van der Waals surface area contributed by atoms with Crippen LogP contribution in [-0.2, 0) is 14.3 Å². The number of benzene rings is 1. The van der Waals surface area contributed by atoms with Gasteiger partial charge < -0.3 is 4.18 Å². The van der Waals surface area contributed by atoms with Gasteiger partial charge in [-0.3, -0.25) is 0 Å². The Morgan fingerprint density at radius 1 is 1.29 bits per heavy atom. The Balaban J connectivity index is 3.05. The van der Waals surface area contributed by atoms with Gasteiger partial charge >= 0.3 is 15.5 Å². The number of hydrogen-bond acceptors (Lipinski definition) is 4. The van der Waals surface area contributed by atoms with E-state index in [1.165, 1.54) is 12.1 Å². The van der Waals surface area contributed by atoms with Crippen molar-refractivity contribution in [1.82, 2.24) is 0 Å². The lowest BCUT2D eigenvalue weighted by Crippen LogP contribution is -2.07. The molecule has 0 saturated carbocycles. The summed E-state index contributed by atoms with van der Waals surface area (Å²) in [7, 11) is -4.06. The summed E-state index contributed by atoms with van der Waals surface area (Å²) in [6.07, 6.45) is 0. The minimum atomic E-state index is -4.06. The van der Waals surface area contributed by atoms with Gasteiger partial charge in [-0.15, -0.1) is 0 Å². The summed E-state index contributed by atoms with van der Waals surface area (Å²) in [5.41, 5.74) is -0.466. The van der Waals surface area contributed by atoms with E-state index in [0.29, 0.717) is 0 Å². The maximum atomic E-state index is 11.2. The molecule has 0 amide bonds. The second-order valence-corrected chi connectivity index (χ2v) is 4.44. The third kappa shape index (κ3) is 2.71. The van der Waals surface area contributed by atoms with Gasteiger partial charge in [0.05, 0.1) is 0 Å². The second kappa shape index (κ2) is 3.98. The Labute approximate surface area is 86.6 Å². The molecule has 0 fully saturated rings. The topological polar surface area (TPSA) is 60.4 Å². The third-order valence-electron chi connectivity index (χ3n) is 1.48. The first-order chi connectivity index (χ1) is 6.42. The van der Waals surface area contributed by atoms with Crippen LogP contribution >= 0.6 is 11.6 Å². The van der Waals surface area contributed by atoms with Crippen LogP contribution < -0.4 is 0 Å². The number of hydrogen-bond donors (Lipinski definition) is 0. The summed E-state index contributed by atoms with van der Waals surface area (Å²) >= 11 is 4.80. The molecule has 0 bridgehead atoms. The molecule has 76 valence electrons. The Kier molecular flexibility index (Phi) is 3.13. The van der Waals surface area contributed by atoms with Gasteiger partial charge in [-0.05, 0) is 19.1 Å². The number of halogens is 1. The van der Waals surface area contributed by atoms with E-state index < -0.39 is 15.5 Å². The van der Waals surface area contributed by atoms with Crippen LogP contribution in [0.1, 0.15) is 5.56 Å². The Morgan fingerprint density at radius 2 is 1.79 bits per heavy atom. The summed E-state index contributed by atoms with van der Waals surface area (Å²) in [6.45, 7) is 1.81. The molecule has 0 aliphatic rings. The maximum Gasteiger partial charge on any atom is 0.419 e. The fourth-order valence-corrected chi connectivity index (χ4v) is 1.83. The van der Waals surface area contributed by atoms with E-state index in [0.717, 1.165) is 5.56 Å². The van der Waals surface area contributed by atoms with Crippen molar-refractivity contribution in [2.24, 2.45) is 0 Å². The lowest BCUT2D eigenvalue weighted by atomic mass is 10.2. The maximum absolute atomic E-state index is 11.2. The molecule has 0 unspecified atom stereocenters. The van der Waals surface area contributed by atoms with Crippen molar-refractivity contribution in [2.45, 2.75) is 11.8 Å². The van der Waals surface area contributed by atoms with Gasteiger partial charge in [0.15, 0.2) is 0 Å². The van der Waals surface area contributed by atoms with E-state index in [1.807, 2.05) is 6.92 Å². The molecule has 1 aromatic carbocycles. The van der Waals surface area contributed by atoms with E-state index in [2.05, 4.69) is 4.18 Å². The smallest absolute Gasteiger partial charge is 0.329 e. The van der Waals surface area contributed by atoms with Crippen LogP contribution in [0.2, 0.25) is 0 Å². The average Bonchev–Trinajstić information content (AvgIpc) is 2.02.